The van der Waals surface area contributed by atoms with Crippen LogP contribution in [0.25, 0.3) is 32.8 Å². The summed E-state index contributed by atoms with van der Waals surface area (Å²) in [5.41, 5.74) is 6.13. The highest BCUT2D eigenvalue weighted by Gasteiger charge is 2.21. The van der Waals surface area contributed by atoms with Crippen molar-refractivity contribution in [2.24, 2.45) is 0 Å². The van der Waals surface area contributed by atoms with Crippen molar-refractivity contribution >= 4 is 27.4 Å². The molecule has 1 fully saturated rings. The van der Waals surface area contributed by atoms with Crippen molar-refractivity contribution in [3.8, 4) is 11.1 Å². The number of aromatic amines is 1. The summed E-state index contributed by atoms with van der Waals surface area (Å²) < 4.78 is 13.3. The van der Waals surface area contributed by atoms with Crippen LogP contribution in [0.3, 0.4) is 0 Å². The molecular weight excluding hydrogens is 409 g/mol. The van der Waals surface area contributed by atoms with Gasteiger partial charge in [0.1, 0.15) is 5.82 Å². The lowest BCUT2D eigenvalue weighted by Gasteiger charge is -2.36. The number of nitrogens with one attached hydrogen (secondary N) is 1. The molecule has 3 nitrogen and oxygen atoms in total. The van der Waals surface area contributed by atoms with Gasteiger partial charge in [0.05, 0.1) is 0 Å². The normalized spacial score (nSPS) is 14.9. The summed E-state index contributed by atoms with van der Waals surface area (Å²) in [5, 5.41) is 3.82. The predicted octanol–water partition coefficient (Wildman–Crippen LogP) is 6.45. The summed E-state index contributed by atoms with van der Waals surface area (Å²) in [7, 11) is 0. The van der Waals surface area contributed by atoms with E-state index in [-0.39, 0.29) is 5.82 Å². The van der Waals surface area contributed by atoms with Crippen molar-refractivity contribution in [1.29, 1.82) is 0 Å². The molecule has 0 saturated carbocycles. The van der Waals surface area contributed by atoms with Gasteiger partial charge in [-0.05, 0) is 46.7 Å². The minimum absolute atomic E-state index is 0.183. The van der Waals surface area contributed by atoms with Crippen LogP contribution in [0, 0.1) is 5.82 Å². The average molecular weight is 436 g/mol. The van der Waals surface area contributed by atoms with E-state index < -0.39 is 0 Å². The maximum atomic E-state index is 13.3. The summed E-state index contributed by atoms with van der Waals surface area (Å²) in [6.07, 6.45) is 0. The van der Waals surface area contributed by atoms with E-state index in [4.69, 9.17) is 0 Å². The summed E-state index contributed by atoms with van der Waals surface area (Å²) >= 11 is 0. The van der Waals surface area contributed by atoms with Gasteiger partial charge >= 0.3 is 0 Å². The van der Waals surface area contributed by atoms with Crippen LogP contribution in [0.5, 0.6) is 0 Å². The van der Waals surface area contributed by atoms with Crippen LogP contribution in [0.15, 0.2) is 91.0 Å². The Labute approximate surface area is 193 Å². The monoisotopic (exact) mass is 435 g/mol. The first-order valence-corrected chi connectivity index (χ1v) is 11.6. The zero-order chi connectivity index (χ0) is 22.2. The topological polar surface area (TPSA) is 22.3 Å². The minimum atomic E-state index is -0.183. The molecule has 33 heavy (non-hydrogen) atoms. The van der Waals surface area contributed by atoms with Crippen LogP contribution >= 0.6 is 0 Å². The largest absolute Gasteiger partial charge is 0.369 e. The molecule has 0 radical (unpaired) electrons. The Balaban J connectivity index is 1.32. The molecule has 6 rings (SSSR count). The summed E-state index contributed by atoms with van der Waals surface area (Å²) in [6, 6.07) is 30.7. The third-order valence-corrected chi connectivity index (χ3v) is 6.79. The number of rotatable bonds is 4. The Kier molecular flexibility index (Phi) is 5.08. The zero-order valence-electron chi connectivity index (χ0n) is 18.5. The van der Waals surface area contributed by atoms with E-state index in [9.17, 15) is 4.39 Å². The lowest BCUT2D eigenvalue weighted by atomic mass is 9.95. The summed E-state index contributed by atoms with van der Waals surface area (Å²) in [6.45, 7) is 4.71. The predicted molar refractivity (Wildman–Crippen MR) is 135 cm³/mol. The molecule has 4 heteroatoms. The van der Waals surface area contributed by atoms with E-state index in [1.165, 1.54) is 38.5 Å². The van der Waals surface area contributed by atoms with Gasteiger partial charge in [-0.2, -0.15) is 0 Å². The number of hydrogen-bond donors (Lipinski definition) is 1. The highest BCUT2D eigenvalue weighted by molar-refractivity contribution is 6.06. The summed E-state index contributed by atoms with van der Waals surface area (Å²) in [4.78, 5) is 8.58. The fraction of sp³-hybridized carbons (Fsp3) is 0.172. The molecule has 0 atom stereocenters. The molecule has 0 bridgehead atoms. The first-order valence-electron chi connectivity index (χ1n) is 11.6. The third kappa shape index (κ3) is 3.77. The Morgan fingerprint density at radius 2 is 1.39 bits per heavy atom. The van der Waals surface area contributed by atoms with Crippen molar-refractivity contribution in [3.05, 3.63) is 103 Å². The van der Waals surface area contributed by atoms with Crippen LogP contribution < -0.4 is 4.90 Å². The number of benzene rings is 4. The zero-order valence-corrected chi connectivity index (χ0v) is 18.5. The number of hydrogen-bond acceptors (Lipinski definition) is 2. The number of halogens is 1. The number of piperazine rings is 1. The van der Waals surface area contributed by atoms with Crippen LogP contribution in [0.2, 0.25) is 0 Å². The van der Waals surface area contributed by atoms with Gasteiger partial charge in [0.25, 0.3) is 0 Å². The Morgan fingerprint density at radius 3 is 2.21 bits per heavy atom. The maximum absolute atomic E-state index is 13.3. The first kappa shape index (κ1) is 20.0. The molecule has 0 amide bonds. The lowest BCUT2D eigenvalue weighted by Crippen LogP contribution is -2.46. The standard InChI is InChI=1S/C29H26FN3/c30-22-12-14-23(15-13-22)33-18-16-32(17-19-33)20-28-29(26-9-3-4-11-27(26)31-28)25-10-5-7-21-6-1-2-8-24(21)25/h1-15,31H,16-20H2. The van der Waals surface area contributed by atoms with Crippen molar-refractivity contribution in [1.82, 2.24) is 9.88 Å². The second kappa shape index (κ2) is 8.38. The van der Waals surface area contributed by atoms with E-state index in [0.29, 0.717) is 0 Å². The second-order valence-electron chi connectivity index (χ2n) is 8.79. The third-order valence-electron chi connectivity index (χ3n) is 6.79. The van der Waals surface area contributed by atoms with Gasteiger partial charge < -0.3 is 9.88 Å². The molecule has 5 aromatic rings. The maximum Gasteiger partial charge on any atom is 0.123 e. The van der Waals surface area contributed by atoms with Crippen molar-refractivity contribution in [3.63, 3.8) is 0 Å². The fourth-order valence-electron chi connectivity index (χ4n) is 5.11. The molecule has 2 heterocycles. The van der Waals surface area contributed by atoms with Crippen LogP contribution in [0.4, 0.5) is 10.1 Å². The first-order chi connectivity index (χ1) is 16.3. The number of anilines is 1. The van der Waals surface area contributed by atoms with Gasteiger partial charge in [0, 0.05) is 60.6 Å². The number of para-hydroxylation sites is 1. The quantitative estimate of drug-likeness (QED) is 0.350. The van der Waals surface area contributed by atoms with E-state index in [2.05, 4.69) is 81.5 Å². The minimum Gasteiger partial charge on any atom is -0.369 e. The van der Waals surface area contributed by atoms with Crippen LogP contribution in [-0.4, -0.2) is 36.1 Å². The SMILES string of the molecule is Fc1ccc(N2CCN(Cc3[nH]c4ccccc4c3-c3cccc4ccccc34)CC2)cc1. The number of nitrogens with zero attached hydrogens (tertiary/aromatic N) is 2. The van der Waals surface area contributed by atoms with Gasteiger partial charge in [-0.25, -0.2) is 4.39 Å². The van der Waals surface area contributed by atoms with E-state index in [1.54, 1.807) is 12.1 Å². The van der Waals surface area contributed by atoms with Gasteiger partial charge in [-0.1, -0.05) is 60.7 Å². The van der Waals surface area contributed by atoms with Crippen LogP contribution in [0.1, 0.15) is 5.69 Å². The lowest BCUT2D eigenvalue weighted by molar-refractivity contribution is 0.248. The molecule has 0 aliphatic carbocycles. The molecular formula is C29H26FN3. The number of H-pyrrole nitrogens is 1. The smallest absolute Gasteiger partial charge is 0.123 e. The molecule has 1 aliphatic heterocycles. The van der Waals surface area contributed by atoms with E-state index in [1.807, 2.05) is 12.1 Å². The molecule has 1 aromatic heterocycles. The highest BCUT2D eigenvalue weighted by atomic mass is 19.1. The molecule has 4 aromatic carbocycles. The molecule has 0 unspecified atom stereocenters. The fourth-order valence-corrected chi connectivity index (χ4v) is 5.11. The molecule has 0 spiro atoms. The molecule has 1 aliphatic rings. The second-order valence-corrected chi connectivity index (χ2v) is 8.79. The van der Waals surface area contributed by atoms with E-state index in [0.717, 1.165) is 38.4 Å². The van der Waals surface area contributed by atoms with E-state index >= 15 is 0 Å². The van der Waals surface area contributed by atoms with Gasteiger partial charge in [-0.3, -0.25) is 4.90 Å². The summed E-state index contributed by atoms with van der Waals surface area (Å²) in [5.74, 6) is -0.183. The number of fused-ring (bicyclic) bond motifs is 2. The molecule has 164 valence electrons. The Bertz CT molecular complexity index is 1410. The van der Waals surface area contributed by atoms with Crippen molar-refractivity contribution < 1.29 is 4.39 Å². The van der Waals surface area contributed by atoms with Crippen LogP contribution in [-0.2, 0) is 6.54 Å². The number of aromatic nitrogens is 1. The highest BCUT2D eigenvalue weighted by Crippen LogP contribution is 2.37. The Morgan fingerprint density at radius 1 is 0.697 bits per heavy atom. The van der Waals surface area contributed by atoms with Gasteiger partial charge in [0.2, 0.25) is 0 Å². The average Bonchev–Trinajstić information content (AvgIpc) is 3.22. The Hall–Kier alpha value is -3.63. The van der Waals surface area contributed by atoms with Gasteiger partial charge in [-0.15, -0.1) is 0 Å². The van der Waals surface area contributed by atoms with Crippen molar-refractivity contribution in [2.45, 2.75) is 6.54 Å². The van der Waals surface area contributed by atoms with Crippen molar-refractivity contribution in [2.75, 3.05) is 31.1 Å². The van der Waals surface area contributed by atoms with Gasteiger partial charge in [0.15, 0.2) is 0 Å². The molecule has 1 N–H and O–H groups in total. The molecule has 1 saturated heterocycles.